The van der Waals surface area contributed by atoms with Gasteiger partial charge in [-0.25, -0.2) is 0 Å². The normalized spacial score (nSPS) is 14.0. The first kappa shape index (κ1) is 44.0. The van der Waals surface area contributed by atoms with Gasteiger partial charge in [0.05, 0.1) is 16.5 Å². The maximum absolute atomic E-state index is 6.81. The van der Waals surface area contributed by atoms with Crippen LogP contribution in [0.25, 0.3) is 66.1 Å². The van der Waals surface area contributed by atoms with Crippen LogP contribution in [0.3, 0.4) is 0 Å². The lowest BCUT2D eigenvalue weighted by molar-refractivity contribution is 0.436. The molecule has 0 saturated carbocycles. The van der Waals surface area contributed by atoms with Crippen molar-refractivity contribution in [3.63, 3.8) is 0 Å². The zero-order chi connectivity index (χ0) is 51.8. The molecule has 3 heteroatoms. The molecule has 3 nitrogen and oxygen atoms in total. The SMILES string of the molecule is c1ccc(-c2ccc(-c3ccc(N(c4ccc5cc6c(cc5c4)C4(c5ccccc5Oc5ccccc54)c4cc5ccccc5cc4-6)c4cccc5c4-c4ccccc4C54c5ccccc5Oc5ccccc54)cc3)cc2)cc1. The summed E-state index contributed by atoms with van der Waals surface area (Å²) >= 11 is 0. The molecule has 2 heterocycles. The van der Waals surface area contributed by atoms with Crippen molar-refractivity contribution in [3.8, 4) is 67.5 Å². The largest absolute Gasteiger partial charge is 0.457 e. The highest BCUT2D eigenvalue weighted by Crippen LogP contribution is 2.66. The molecule has 2 aliphatic carbocycles. The summed E-state index contributed by atoms with van der Waals surface area (Å²) in [4.78, 5) is 2.50. The summed E-state index contributed by atoms with van der Waals surface area (Å²) in [6.45, 7) is 0. The summed E-state index contributed by atoms with van der Waals surface area (Å²) in [6, 6.07) is 105. The van der Waals surface area contributed by atoms with E-state index in [4.69, 9.17) is 9.47 Å². The van der Waals surface area contributed by atoms with Gasteiger partial charge in [-0.2, -0.15) is 0 Å². The minimum Gasteiger partial charge on any atom is -0.457 e. The number of hydrogen-bond acceptors (Lipinski definition) is 3. The molecule has 17 rings (SSSR count). The van der Waals surface area contributed by atoms with Crippen LogP contribution >= 0.6 is 0 Å². The number of nitrogens with zero attached hydrogens (tertiary/aromatic N) is 1. The van der Waals surface area contributed by atoms with Crippen LogP contribution in [0.5, 0.6) is 23.0 Å². The Morgan fingerprint density at radius 2 is 0.646 bits per heavy atom. The Kier molecular flexibility index (Phi) is 9.26. The second-order valence-corrected chi connectivity index (χ2v) is 21.4. The fourth-order valence-corrected chi connectivity index (χ4v) is 14.2. The van der Waals surface area contributed by atoms with E-state index in [1.165, 1.54) is 77.4 Å². The van der Waals surface area contributed by atoms with Crippen LogP contribution in [-0.4, -0.2) is 0 Å². The van der Waals surface area contributed by atoms with Crippen LogP contribution in [0.1, 0.15) is 44.5 Å². The highest BCUT2D eigenvalue weighted by atomic mass is 16.5. The van der Waals surface area contributed by atoms with Gasteiger partial charge in [-0.15, -0.1) is 0 Å². The fraction of sp³-hybridized carbons (Fsp3) is 0.0263. The molecule has 2 spiro atoms. The summed E-state index contributed by atoms with van der Waals surface area (Å²) in [7, 11) is 0. The Labute approximate surface area is 458 Å². The minimum atomic E-state index is -0.631. The molecule has 0 amide bonds. The molecule has 0 aromatic heterocycles. The minimum absolute atomic E-state index is 0.622. The number of hydrogen-bond donors (Lipinski definition) is 0. The van der Waals surface area contributed by atoms with Crippen molar-refractivity contribution in [2.75, 3.05) is 4.90 Å². The summed E-state index contributed by atoms with van der Waals surface area (Å²) in [5.74, 6) is 3.52. The molecular weight excluding hydrogens is 959 g/mol. The van der Waals surface area contributed by atoms with E-state index >= 15 is 0 Å². The lowest BCUT2D eigenvalue weighted by Gasteiger charge is -2.39. The third-order valence-electron chi connectivity index (χ3n) is 17.5. The Morgan fingerprint density at radius 1 is 0.241 bits per heavy atom. The molecule has 13 aromatic carbocycles. The van der Waals surface area contributed by atoms with E-state index < -0.39 is 10.8 Å². The van der Waals surface area contributed by atoms with Gasteiger partial charge >= 0.3 is 0 Å². The van der Waals surface area contributed by atoms with Gasteiger partial charge < -0.3 is 14.4 Å². The summed E-state index contributed by atoms with van der Waals surface area (Å²) < 4.78 is 13.6. The van der Waals surface area contributed by atoms with Crippen LogP contribution < -0.4 is 14.4 Å². The lowest BCUT2D eigenvalue weighted by atomic mass is 9.66. The first-order valence-electron chi connectivity index (χ1n) is 27.3. The van der Waals surface area contributed by atoms with E-state index in [2.05, 4.69) is 290 Å². The zero-order valence-corrected chi connectivity index (χ0v) is 42.9. The highest BCUT2D eigenvalue weighted by molar-refractivity contribution is 6.04. The van der Waals surface area contributed by atoms with Gasteiger partial charge in [0.2, 0.25) is 0 Å². The van der Waals surface area contributed by atoms with Crippen LogP contribution in [0.15, 0.2) is 285 Å². The first-order valence-corrected chi connectivity index (χ1v) is 27.3. The molecule has 368 valence electrons. The van der Waals surface area contributed by atoms with E-state index in [0.29, 0.717) is 0 Å². The molecule has 0 unspecified atom stereocenters. The molecule has 79 heavy (non-hydrogen) atoms. The standard InChI is InChI=1S/C76H47NO2/c1-2-17-48(18-3-1)49-33-35-50(36-34-49)51-37-40-56(41-38-51)77(69-28-16-27-66-74(69)58-21-6-7-22-61(58)75(66)62-23-8-12-29-70(62)78-71-30-13-9-24-63(71)75)57-42-39-54-45-60-59-44-52-19-4-5-20-53(52)46-67(59)76(68(60)47-55(54)43-57)64-25-10-14-31-72(64)79-73-32-15-11-26-65(73)76/h1-47H. The molecule has 0 bridgehead atoms. The molecule has 0 N–H and O–H groups in total. The smallest absolute Gasteiger partial charge is 0.132 e. The van der Waals surface area contributed by atoms with Gasteiger partial charge in [-0.1, -0.05) is 206 Å². The van der Waals surface area contributed by atoms with Gasteiger partial charge in [0.25, 0.3) is 0 Å². The predicted molar refractivity (Wildman–Crippen MR) is 322 cm³/mol. The number of ether oxygens (including phenoxy) is 2. The van der Waals surface area contributed by atoms with Gasteiger partial charge in [-0.3, -0.25) is 0 Å². The quantitative estimate of drug-likeness (QED) is 0.171. The Bertz CT molecular complexity index is 4580. The molecule has 0 saturated heterocycles. The molecule has 4 aliphatic rings. The molecular formula is C76H47NO2. The van der Waals surface area contributed by atoms with Crippen LogP contribution in [0.4, 0.5) is 17.1 Å². The second-order valence-electron chi connectivity index (χ2n) is 21.4. The monoisotopic (exact) mass is 1010 g/mol. The Hall–Kier alpha value is -10.2. The molecule has 2 aliphatic heterocycles. The third kappa shape index (κ3) is 6.13. The van der Waals surface area contributed by atoms with E-state index in [9.17, 15) is 0 Å². The van der Waals surface area contributed by atoms with Crippen molar-refractivity contribution in [3.05, 3.63) is 330 Å². The lowest BCUT2D eigenvalue weighted by Crippen LogP contribution is -2.32. The number of anilines is 3. The van der Waals surface area contributed by atoms with E-state index in [1.54, 1.807) is 0 Å². The molecule has 0 radical (unpaired) electrons. The van der Waals surface area contributed by atoms with Crippen molar-refractivity contribution in [1.82, 2.24) is 0 Å². The summed E-state index contributed by atoms with van der Waals surface area (Å²) in [6.07, 6.45) is 0. The van der Waals surface area contributed by atoms with Gasteiger partial charge in [-0.05, 0) is 162 Å². The number of para-hydroxylation sites is 4. The van der Waals surface area contributed by atoms with Crippen molar-refractivity contribution in [1.29, 1.82) is 0 Å². The molecule has 0 atom stereocenters. The van der Waals surface area contributed by atoms with Crippen LogP contribution in [0.2, 0.25) is 0 Å². The van der Waals surface area contributed by atoms with Crippen LogP contribution in [0, 0.1) is 0 Å². The van der Waals surface area contributed by atoms with E-state index in [0.717, 1.165) is 73.3 Å². The Morgan fingerprint density at radius 3 is 1.22 bits per heavy atom. The number of benzene rings is 13. The number of fused-ring (bicyclic) bond motifs is 20. The van der Waals surface area contributed by atoms with Crippen molar-refractivity contribution in [2.45, 2.75) is 10.8 Å². The van der Waals surface area contributed by atoms with E-state index in [-0.39, 0.29) is 0 Å². The average molecular weight is 1010 g/mol. The van der Waals surface area contributed by atoms with Crippen LogP contribution in [-0.2, 0) is 10.8 Å². The maximum Gasteiger partial charge on any atom is 0.132 e. The summed E-state index contributed by atoms with van der Waals surface area (Å²) in [5, 5.41) is 4.79. The van der Waals surface area contributed by atoms with Gasteiger partial charge in [0.1, 0.15) is 23.0 Å². The molecule has 0 fully saturated rings. The fourth-order valence-electron chi connectivity index (χ4n) is 14.2. The molecule has 13 aromatic rings. The average Bonchev–Trinajstić information content (AvgIpc) is 4.20. The first-order chi connectivity index (χ1) is 39.1. The van der Waals surface area contributed by atoms with Crippen molar-refractivity contribution >= 4 is 38.6 Å². The van der Waals surface area contributed by atoms with Gasteiger partial charge in [0, 0.05) is 39.2 Å². The van der Waals surface area contributed by atoms with Gasteiger partial charge in [0.15, 0.2) is 0 Å². The van der Waals surface area contributed by atoms with E-state index in [1.807, 2.05) is 0 Å². The van der Waals surface area contributed by atoms with Crippen molar-refractivity contribution in [2.24, 2.45) is 0 Å². The predicted octanol–water partition coefficient (Wildman–Crippen LogP) is 19.7. The summed E-state index contributed by atoms with van der Waals surface area (Å²) in [5.41, 5.74) is 21.2. The van der Waals surface area contributed by atoms with Crippen molar-refractivity contribution < 1.29 is 9.47 Å². The Balaban J connectivity index is 0.904. The number of rotatable bonds is 5. The second kappa shape index (κ2) is 16.6. The zero-order valence-electron chi connectivity index (χ0n) is 42.9. The maximum atomic E-state index is 6.81. The topological polar surface area (TPSA) is 21.7 Å². The highest BCUT2D eigenvalue weighted by Gasteiger charge is 2.53. The third-order valence-corrected chi connectivity index (χ3v) is 17.5.